The van der Waals surface area contributed by atoms with E-state index >= 15 is 0 Å². The summed E-state index contributed by atoms with van der Waals surface area (Å²) in [6.45, 7) is 3.00. The second-order valence-electron chi connectivity index (χ2n) is 5.23. The summed E-state index contributed by atoms with van der Waals surface area (Å²) >= 11 is 0. The van der Waals surface area contributed by atoms with E-state index in [2.05, 4.69) is 11.4 Å². The molecule has 0 aromatic heterocycles. The number of benzene rings is 2. The molecule has 22 heavy (non-hydrogen) atoms. The van der Waals surface area contributed by atoms with E-state index in [1.165, 1.54) is 0 Å². The van der Waals surface area contributed by atoms with Gasteiger partial charge in [0.25, 0.3) is 0 Å². The lowest BCUT2D eigenvalue weighted by molar-refractivity contribution is 0.169. The lowest BCUT2D eigenvalue weighted by Gasteiger charge is -2.21. The van der Waals surface area contributed by atoms with Crippen molar-refractivity contribution in [1.82, 2.24) is 5.32 Å². The number of ether oxygens (including phenoxy) is 4. The largest absolute Gasteiger partial charge is 0.486 e. The SMILES string of the molecule is c1cc(CNCc2ccc3c(c2)OCO3)c2c(c1)OCCO2. The Morgan fingerprint density at radius 3 is 2.73 bits per heavy atom. The predicted octanol–water partition coefficient (Wildman–Crippen LogP) is 2.48. The molecule has 0 saturated heterocycles. The van der Waals surface area contributed by atoms with Crippen molar-refractivity contribution in [3.05, 3.63) is 47.5 Å². The van der Waals surface area contributed by atoms with Crippen molar-refractivity contribution < 1.29 is 18.9 Å². The van der Waals surface area contributed by atoms with Crippen LogP contribution < -0.4 is 24.3 Å². The maximum Gasteiger partial charge on any atom is 0.231 e. The van der Waals surface area contributed by atoms with Gasteiger partial charge in [-0.3, -0.25) is 0 Å². The minimum Gasteiger partial charge on any atom is -0.486 e. The first-order chi connectivity index (χ1) is 10.9. The van der Waals surface area contributed by atoms with Gasteiger partial charge in [-0.05, 0) is 23.8 Å². The standard InChI is InChI=1S/C17H17NO4/c1-2-13(17-15(3-1)19-6-7-20-17)10-18-9-12-4-5-14-16(8-12)22-11-21-14/h1-5,8,18H,6-7,9-11H2. The summed E-state index contributed by atoms with van der Waals surface area (Å²) < 4.78 is 22.0. The van der Waals surface area contributed by atoms with E-state index in [-0.39, 0.29) is 0 Å². The minimum atomic E-state index is 0.305. The van der Waals surface area contributed by atoms with Gasteiger partial charge in [-0.1, -0.05) is 18.2 Å². The zero-order valence-corrected chi connectivity index (χ0v) is 12.1. The normalized spacial score (nSPS) is 14.9. The third-order valence-corrected chi connectivity index (χ3v) is 3.73. The van der Waals surface area contributed by atoms with Gasteiger partial charge in [0.05, 0.1) is 0 Å². The number of hydrogen-bond acceptors (Lipinski definition) is 5. The molecule has 5 heteroatoms. The molecule has 0 atom stereocenters. The van der Waals surface area contributed by atoms with E-state index in [1.807, 2.05) is 30.3 Å². The molecule has 0 bridgehead atoms. The molecule has 2 aromatic carbocycles. The van der Waals surface area contributed by atoms with Gasteiger partial charge < -0.3 is 24.3 Å². The second-order valence-corrected chi connectivity index (χ2v) is 5.23. The zero-order chi connectivity index (χ0) is 14.8. The first-order valence-corrected chi connectivity index (χ1v) is 7.37. The van der Waals surface area contributed by atoms with E-state index in [0.29, 0.717) is 20.0 Å². The van der Waals surface area contributed by atoms with Crippen LogP contribution in [0.2, 0.25) is 0 Å². The van der Waals surface area contributed by atoms with E-state index in [9.17, 15) is 0 Å². The minimum absolute atomic E-state index is 0.305. The van der Waals surface area contributed by atoms with E-state index < -0.39 is 0 Å². The molecule has 0 amide bonds. The Morgan fingerprint density at radius 2 is 1.73 bits per heavy atom. The molecular weight excluding hydrogens is 282 g/mol. The van der Waals surface area contributed by atoms with Gasteiger partial charge in [0, 0.05) is 18.7 Å². The van der Waals surface area contributed by atoms with E-state index in [1.54, 1.807) is 0 Å². The topological polar surface area (TPSA) is 49.0 Å². The molecule has 4 rings (SSSR count). The molecule has 0 fully saturated rings. The van der Waals surface area contributed by atoms with Crippen molar-refractivity contribution in [3.63, 3.8) is 0 Å². The molecule has 2 heterocycles. The van der Waals surface area contributed by atoms with Crippen LogP contribution in [-0.4, -0.2) is 20.0 Å². The fraction of sp³-hybridized carbons (Fsp3) is 0.294. The summed E-state index contributed by atoms with van der Waals surface area (Å²) in [5.41, 5.74) is 2.27. The van der Waals surface area contributed by atoms with E-state index in [0.717, 1.165) is 47.2 Å². The Hall–Kier alpha value is -2.40. The monoisotopic (exact) mass is 299 g/mol. The van der Waals surface area contributed by atoms with Gasteiger partial charge in [-0.25, -0.2) is 0 Å². The van der Waals surface area contributed by atoms with Crippen molar-refractivity contribution in [2.24, 2.45) is 0 Å². The second kappa shape index (κ2) is 5.77. The average Bonchev–Trinajstić information content (AvgIpc) is 3.03. The molecular formula is C17H17NO4. The summed E-state index contributed by atoms with van der Waals surface area (Å²) in [4.78, 5) is 0. The maximum absolute atomic E-state index is 5.72. The van der Waals surface area contributed by atoms with Crippen LogP contribution in [0.15, 0.2) is 36.4 Å². The summed E-state index contributed by atoms with van der Waals surface area (Å²) in [6, 6.07) is 12.0. The summed E-state index contributed by atoms with van der Waals surface area (Å²) in [6.07, 6.45) is 0. The van der Waals surface area contributed by atoms with Crippen LogP contribution in [0.25, 0.3) is 0 Å². The lowest BCUT2D eigenvalue weighted by Crippen LogP contribution is -2.19. The number of rotatable bonds is 4. The molecule has 5 nitrogen and oxygen atoms in total. The number of hydrogen-bond donors (Lipinski definition) is 1. The molecule has 0 spiro atoms. The molecule has 1 N–H and O–H groups in total. The lowest BCUT2D eigenvalue weighted by atomic mass is 10.1. The number of fused-ring (bicyclic) bond motifs is 2. The molecule has 114 valence electrons. The Morgan fingerprint density at radius 1 is 0.818 bits per heavy atom. The maximum atomic E-state index is 5.72. The van der Waals surface area contributed by atoms with Crippen LogP contribution in [0.5, 0.6) is 23.0 Å². The van der Waals surface area contributed by atoms with Crippen molar-refractivity contribution in [2.45, 2.75) is 13.1 Å². The highest BCUT2D eigenvalue weighted by Crippen LogP contribution is 2.34. The number of nitrogens with one attached hydrogen (secondary N) is 1. The Labute approximate surface area is 128 Å². The highest BCUT2D eigenvalue weighted by Gasteiger charge is 2.16. The van der Waals surface area contributed by atoms with Gasteiger partial charge in [0.15, 0.2) is 23.0 Å². The van der Waals surface area contributed by atoms with Crippen molar-refractivity contribution >= 4 is 0 Å². The fourth-order valence-electron chi connectivity index (χ4n) is 2.67. The summed E-state index contributed by atoms with van der Waals surface area (Å²) in [5.74, 6) is 3.31. The predicted molar refractivity (Wildman–Crippen MR) is 80.5 cm³/mol. The van der Waals surface area contributed by atoms with Gasteiger partial charge in [0.1, 0.15) is 13.2 Å². The molecule has 0 aliphatic carbocycles. The molecule has 0 radical (unpaired) electrons. The van der Waals surface area contributed by atoms with Gasteiger partial charge in [0.2, 0.25) is 6.79 Å². The van der Waals surface area contributed by atoms with E-state index in [4.69, 9.17) is 18.9 Å². The highest BCUT2D eigenvalue weighted by molar-refractivity contribution is 5.47. The van der Waals surface area contributed by atoms with Crippen molar-refractivity contribution in [2.75, 3.05) is 20.0 Å². The Balaban J connectivity index is 1.41. The zero-order valence-electron chi connectivity index (χ0n) is 12.1. The van der Waals surface area contributed by atoms with Crippen LogP contribution in [0.4, 0.5) is 0 Å². The number of para-hydroxylation sites is 1. The first kappa shape index (κ1) is 13.3. The average molecular weight is 299 g/mol. The van der Waals surface area contributed by atoms with Crippen LogP contribution >= 0.6 is 0 Å². The molecule has 2 aromatic rings. The van der Waals surface area contributed by atoms with Gasteiger partial charge in [-0.15, -0.1) is 0 Å². The Kier molecular flexibility index (Phi) is 3.48. The first-order valence-electron chi connectivity index (χ1n) is 7.37. The molecule has 0 unspecified atom stereocenters. The summed E-state index contributed by atoms with van der Waals surface area (Å²) in [7, 11) is 0. The van der Waals surface area contributed by atoms with Crippen LogP contribution in [0, 0.1) is 0 Å². The quantitative estimate of drug-likeness (QED) is 0.940. The smallest absolute Gasteiger partial charge is 0.231 e. The molecule has 2 aliphatic rings. The molecule has 0 saturated carbocycles. The fourth-order valence-corrected chi connectivity index (χ4v) is 2.67. The molecule has 2 aliphatic heterocycles. The van der Waals surface area contributed by atoms with Crippen molar-refractivity contribution in [3.8, 4) is 23.0 Å². The third kappa shape index (κ3) is 2.55. The van der Waals surface area contributed by atoms with Crippen LogP contribution in [-0.2, 0) is 13.1 Å². The summed E-state index contributed by atoms with van der Waals surface area (Å²) in [5, 5.41) is 3.43. The van der Waals surface area contributed by atoms with Crippen LogP contribution in [0.3, 0.4) is 0 Å². The third-order valence-electron chi connectivity index (χ3n) is 3.73. The highest BCUT2D eigenvalue weighted by atomic mass is 16.7. The van der Waals surface area contributed by atoms with Gasteiger partial charge in [-0.2, -0.15) is 0 Å². The van der Waals surface area contributed by atoms with Crippen LogP contribution in [0.1, 0.15) is 11.1 Å². The van der Waals surface area contributed by atoms with Crippen molar-refractivity contribution in [1.29, 1.82) is 0 Å². The van der Waals surface area contributed by atoms with Gasteiger partial charge >= 0.3 is 0 Å². The Bertz CT molecular complexity index is 686.